The van der Waals surface area contributed by atoms with Crippen molar-refractivity contribution < 1.29 is 0 Å². The van der Waals surface area contributed by atoms with Gasteiger partial charge in [0.15, 0.2) is 0 Å². The van der Waals surface area contributed by atoms with Crippen molar-refractivity contribution in [1.82, 2.24) is 4.98 Å². The third-order valence-corrected chi connectivity index (χ3v) is 3.39. The molecule has 3 heteroatoms. The second-order valence-corrected chi connectivity index (χ2v) is 4.31. The van der Waals surface area contributed by atoms with Crippen LogP contribution in [0.3, 0.4) is 0 Å². The smallest absolute Gasteiger partial charge is 0.133 e. The Morgan fingerprint density at radius 3 is 2.69 bits per heavy atom. The Bertz CT molecular complexity index is 370. The minimum Gasteiger partial charge on any atom is -0.357 e. The average Bonchev–Trinajstić information content (AvgIpc) is 2.76. The maximum atomic E-state index is 5.83. The van der Waals surface area contributed by atoms with Crippen molar-refractivity contribution in [2.45, 2.75) is 39.7 Å². The van der Waals surface area contributed by atoms with Crippen LogP contribution in [0.15, 0.2) is 6.07 Å². The Balaban J connectivity index is 2.42. The minimum absolute atomic E-state index is 0.589. The van der Waals surface area contributed by atoms with Gasteiger partial charge >= 0.3 is 0 Å². The molecule has 0 unspecified atom stereocenters. The van der Waals surface area contributed by atoms with Gasteiger partial charge in [-0.1, -0.05) is 0 Å². The highest BCUT2D eigenvalue weighted by atomic mass is 15.2. The van der Waals surface area contributed by atoms with Crippen molar-refractivity contribution in [2.75, 3.05) is 18.0 Å². The van der Waals surface area contributed by atoms with Crippen LogP contribution in [0.1, 0.15) is 37.1 Å². The standard InChI is InChI=1S/C13H21N3/c1-3-16(4-2)13-11(9-14)8-10-6-5-7-12(10)15-13/h8H,3-7,9,14H2,1-2H3. The largest absolute Gasteiger partial charge is 0.357 e. The summed E-state index contributed by atoms with van der Waals surface area (Å²) in [7, 11) is 0. The van der Waals surface area contributed by atoms with Crippen LogP contribution in [0.25, 0.3) is 0 Å². The molecule has 1 aromatic heterocycles. The van der Waals surface area contributed by atoms with Gasteiger partial charge in [0.1, 0.15) is 5.82 Å². The first-order chi connectivity index (χ1) is 7.80. The van der Waals surface area contributed by atoms with E-state index >= 15 is 0 Å². The number of aromatic nitrogens is 1. The Hall–Kier alpha value is -1.09. The molecule has 1 aliphatic rings. The lowest BCUT2D eigenvalue weighted by atomic mass is 10.1. The number of hydrogen-bond donors (Lipinski definition) is 1. The van der Waals surface area contributed by atoms with Gasteiger partial charge in [-0.25, -0.2) is 4.98 Å². The molecule has 0 radical (unpaired) electrons. The molecule has 0 saturated carbocycles. The zero-order chi connectivity index (χ0) is 11.5. The van der Waals surface area contributed by atoms with Crippen molar-refractivity contribution >= 4 is 5.82 Å². The molecule has 2 rings (SSSR count). The maximum absolute atomic E-state index is 5.83. The number of pyridine rings is 1. The third kappa shape index (κ3) is 1.92. The van der Waals surface area contributed by atoms with Crippen molar-refractivity contribution in [3.63, 3.8) is 0 Å². The molecule has 88 valence electrons. The summed E-state index contributed by atoms with van der Waals surface area (Å²) in [5.74, 6) is 1.10. The van der Waals surface area contributed by atoms with Crippen molar-refractivity contribution in [1.29, 1.82) is 0 Å². The molecule has 0 saturated heterocycles. The molecule has 0 fully saturated rings. The molecule has 1 aromatic rings. The van der Waals surface area contributed by atoms with Crippen LogP contribution in [-0.2, 0) is 19.4 Å². The fourth-order valence-corrected chi connectivity index (χ4v) is 2.46. The second kappa shape index (κ2) is 4.83. The lowest BCUT2D eigenvalue weighted by molar-refractivity contribution is 0.821. The van der Waals surface area contributed by atoms with Crippen LogP contribution in [0, 0.1) is 0 Å². The number of anilines is 1. The van der Waals surface area contributed by atoms with Gasteiger partial charge < -0.3 is 10.6 Å². The summed E-state index contributed by atoms with van der Waals surface area (Å²) in [5.41, 5.74) is 9.73. The van der Waals surface area contributed by atoms with E-state index in [-0.39, 0.29) is 0 Å². The first-order valence-electron chi connectivity index (χ1n) is 6.26. The molecule has 0 atom stereocenters. The first kappa shape index (κ1) is 11.4. The van der Waals surface area contributed by atoms with Crippen LogP contribution in [0.2, 0.25) is 0 Å². The van der Waals surface area contributed by atoms with Gasteiger partial charge in [0.05, 0.1) is 0 Å². The van der Waals surface area contributed by atoms with Gasteiger partial charge in [-0.3, -0.25) is 0 Å². The summed E-state index contributed by atoms with van der Waals surface area (Å²) in [6, 6.07) is 2.27. The number of aryl methyl sites for hydroxylation is 2. The fraction of sp³-hybridized carbons (Fsp3) is 0.615. The molecule has 0 aromatic carbocycles. The van der Waals surface area contributed by atoms with Gasteiger partial charge in [-0.05, 0) is 44.7 Å². The molecule has 3 nitrogen and oxygen atoms in total. The summed E-state index contributed by atoms with van der Waals surface area (Å²) >= 11 is 0. The second-order valence-electron chi connectivity index (χ2n) is 4.31. The van der Waals surface area contributed by atoms with E-state index in [1.807, 2.05) is 0 Å². The lowest BCUT2D eigenvalue weighted by Gasteiger charge is -2.23. The van der Waals surface area contributed by atoms with Crippen LogP contribution >= 0.6 is 0 Å². The van der Waals surface area contributed by atoms with E-state index in [0.717, 1.165) is 25.3 Å². The van der Waals surface area contributed by atoms with Crippen LogP contribution < -0.4 is 10.6 Å². The van der Waals surface area contributed by atoms with E-state index in [0.29, 0.717) is 6.54 Å². The Morgan fingerprint density at radius 1 is 1.31 bits per heavy atom. The molecular formula is C13H21N3. The number of rotatable bonds is 4. The Morgan fingerprint density at radius 2 is 2.06 bits per heavy atom. The fourth-order valence-electron chi connectivity index (χ4n) is 2.46. The maximum Gasteiger partial charge on any atom is 0.133 e. The van der Waals surface area contributed by atoms with Crippen molar-refractivity contribution in [2.24, 2.45) is 5.73 Å². The molecule has 2 N–H and O–H groups in total. The number of fused-ring (bicyclic) bond motifs is 1. The number of nitrogens with zero attached hydrogens (tertiary/aromatic N) is 2. The number of nitrogens with two attached hydrogens (primary N) is 1. The third-order valence-electron chi connectivity index (χ3n) is 3.39. The van der Waals surface area contributed by atoms with Gasteiger partial charge in [0, 0.05) is 30.9 Å². The zero-order valence-electron chi connectivity index (χ0n) is 10.3. The molecule has 0 amide bonds. The van der Waals surface area contributed by atoms with Crippen molar-refractivity contribution in [3.05, 3.63) is 22.9 Å². The van der Waals surface area contributed by atoms with Gasteiger partial charge in [-0.15, -0.1) is 0 Å². The van der Waals surface area contributed by atoms with E-state index in [2.05, 4.69) is 24.8 Å². The van der Waals surface area contributed by atoms with E-state index in [1.54, 1.807) is 0 Å². The quantitative estimate of drug-likeness (QED) is 0.840. The average molecular weight is 219 g/mol. The molecule has 0 bridgehead atoms. The topological polar surface area (TPSA) is 42.2 Å². The zero-order valence-corrected chi connectivity index (χ0v) is 10.3. The molecule has 0 aliphatic heterocycles. The molecule has 1 heterocycles. The summed E-state index contributed by atoms with van der Waals surface area (Å²) in [6.07, 6.45) is 3.55. The lowest BCUT2D eigenvalue weighted by Crippen LogP contribution is -2.25. The van der Waals surface area contributed by atoms with Gasteiger partial charge in [0.25, 0.3) is 0 Å². The molecule has 1 aliphatic carbocycles. The molecular weight excluding hydrogens is 198 g/mol. The highest BCUT2D eigenvalue weighted by Crippen LogP contribution is 2.27. The highest BCUT2D eigenvalue weighted by molar-refractivity contribution is 5.50. The summed E-state index contributed by atoms with van der Waals surface area (Å²) in [6.45, 7) is 6.91. The van der Waals surface area contributed by atoms with Gasteiger partial charge in [-0.2, -0.15) is 0 Å². The number of hydrogen-bond acceptors (Lipinski definition) is 3. The van der Waals surface area contributed by atoms with E-state index in [9.17, 15) is 0 Å². The monoisotopic (exact) mass is 219 g/mol. The van der Waals surface area contributed by atoms with E-state index in [4.69, 9.17) is 10.7 Å². The summed E-state index contributed by atoms with van der Waals surface area (Å²) in [4.78, 5) is 7.10. The summed E-state index contributed by atoms with van der Waals surface area (Å²) in [5, 5.41) is 0. The molecule has 16 heavy (non-hydrogen) atoms. The summed E-state index contributed by atoms with van der Waals surface area (Å²) < 4.78 is 0. The van der Waals surface area contributed by atoms with Crippen LogP contribution in [0.5, 0.6) is 0 Å². The van der Waals surface area contributed by atoms with Crippen LogP contribution in [-0.4, -0.2) is 18.1 Å². The highest BCUT2D eigenvalue weighted by Gasteiger charge is 2.17. The van der Waals surface area contributed by atoms with Crippen LogP contribution in [0.4, 0.5) is 5.82 Å². The predicted octanol–water partition coefficient (Wildman–Crippen LogP) is 1.88. The Labute approximate surface area is 97.7 Å². The predicted molar refractivity (Wildman–Crippen MR) is 67.7 cm³/mol. The Kier molecular flexibility index (Phi) is 3.44. The SMILES string of the molecule is CCN(CC)c1nc2c(cc1CN)CCC2. The first-order valence-corrected chi connectivity index (χ1v) is 6.26. The molecule has 0 spiro atoms. The normalized spacial score (nSPS) is 13.9. The minimum atomic E-state index is 0.589. The van der Waals surface area contributed by atoms with Gasteiger partial charge in [0.2, 0.25) is 0 Å². The van der Waals surface area contributed by atoms with E-state index in [1.165, 1.54) is 29.7 Å². The van der Waals surface area contributed by atoms with Crippen molar-refractivity contribution in [3.8, 4) is 0 Å². The van der Waals surface area contributed by atoms with E-state index < -0.39 is 0 Å².